The monoisotopic (exact) mass is 234 g/mol. The van der Waals surface area contributed by atoms with Gasteiger partial charge in [-0.05, 0) is 25.0 Å². The van der Waals surface area contributed by atoms with Gasteiger partial charge in [0.2, 0.25) is 0 Å². The maximum Gasteiger partial charge on any atom is 0.171 e. The van der Waals surface area contributed by atoms with Crippen LogP contribution in [0.15, 0.2) is 23.5 Å². The van der Waals surface area contributed by atoms with Crippen LogP contribution in [0.2, 0.25) is 0 Å². The number of pyridine rings is 1. The zero-order valence-electron chi connectivity index (χ0n) is 9.84. The minimum absolute atomic E-state index is 0.0971. The van der Waals surface area contributed by atoms with Gasteiger partial charge in [0, 0.05) is 24.8 Å². The van der Waals surface area contributed by atoms with Crippen molar-refractivity contribution in [3.05, 3.63) is 23.9 Å². The molecule has 0 saturated carbocycles. The summed E-state index contributed by atoms with van der Waals surface area (Å²) in [5, 5.41) is 11.5. The minimum atomic E-state index is 0.0971. The number of aromatic nitrogens is 1. The molecule has 5 heteroatoms. The SMILES string of the molecule is N/C(=N\O)c1ccc(N2CCCCCC2)nc1. The molecule has 2 rings (SSSR count). The van der Waals surface area contributed by atoms with E-state index >= 15 is 0 Å². The molecule has 17 heavy (non-hydrogen) atoms. The van der Waals surface area contributed by atoms with Gasteiger partial charge in [-0.2, -0.15) is 0 Å². The number of oxime groups is 1. The van der Waals surface area contributed by atoms with E-state index in [1.165, 1.54) is 25.7 Å². The van der Waals surface area contributed by atoms with E-state index in [0.717, 1.165) is 18.9 Å². The molecule has 0 atom stereocenters. The Morgan fingerprint density at radius 3 is 2.47 bits per heavy atom. The molecule has 0 unspecified atom stereocenters. The Labute approximate surface area is 101 Å². The summed E-state index contributed by atoms with van der Waals surface area (Å²) < 4.78 is 0. The molecule has 0 radical (unpaired) electrons. The second kappa shape index (κ2) is 5.52. The van der Waals surface area contributed by atoms with Crippen molar-refractivity contribution in [1.82, 2.24) is 4.98 Å². The highest BCUT2D eigenvalue weighted by Gasteiger charge is 2.11. The molecule has 1 aromatic rings. The maximum absolute atomic E-state index is 8.57. The van der Waals surface area contributed by atoms with E-state index < -0.39 is 0 Å². The van der Waals surface area contributed by atoms with E-state index in [1.54, 1.807) is 6.20 Å². The molecular formula is C12H18N4O. The van der Waals surface area contributed by atoms with Crippen molar-refractivity contribution in [3.8, 4) is 0 Å². The molecule has 0 spiro atoms. The molecule has 1 saturated heterocycles. The number of nitrogens with zero attached hydrogens (tertiary/aromatic N) is 3. The molecule has 0 aromatic carbocycles. The van der Waals surface area contributed by atoms with E-state index in [0.29, 0.717) is 5.56 Å². The quantitative estimate of drug-likeness (QED) is 0.352. The van der Waals surface area contributed by atoms with Crippen LogP contribution in [0.4, 0.5) is 5.82 Å². The standard InChI is InChI=1S/C12H18N4O/c13-12(15-17)10-5-6-11(14-9-10)16-7-3-1-2-4-8-16/h5-6,9,17H,1-4,7-8H2,(H2,13,15). The van der Waals surface area contributed by atoms with Crippen molar-refractivity contribution < 1.29 is 5.21 Å². The topological polar surface area (TPSA) is 74.7 Å². The third-order valence-corrected chi connectivity index (χ3v) is 3.08. The summed E-state index contributed by atoms with van der Waals surface area (Å²) in [6, 6.07) is 3.76. The van der Waals surface area contributed by atoms with Gasteiger partial charge in [-0.15, -0.1) is 0 Å². The average Bonchev–Trinajstić information content (AvgIpc) is 2.67. The summed E-state index contributed by atoms with van der Waals surface area (Å²) in [5.74, 6) is 1.07. The van der Waals surface area contributed by atoms with Crippen LogP contribution in [0.3, 0.4) is 0 Å². The zero-order valence-corrected chi connectivity index (χ0v) is 9.84. The summed E-state index contributed by atoms with van der Waals surface area (Å²) in [5.41, 5.74) is 6.14. The lowest BCUT2D eigenvalue weighted by Gasteiger charge is -2.21. The van der Waals surface area contributed by atoms with Crippen LogP contribution in [-0.2, 0) is 0 Å². The van der Waals surface area contributed by atoms with Crippen LogP contribution in [0.25, 0.3) is 0 Å². The maximum atomic E-state index is 8.57. The first-order valence-electron chi connectivity index (χ1n) is 6.00. The normalized spacial score (nSPS) is 17.9. The second-order valence-corrected chi connectivity index (χ2v) is 4.29. The molecular weight excluding hydrogens is 216 g/mol. The Morgan fingerprint density at radius 2 is 1.94 bits per heavy atom. The number of hydrogen-bond donors (Lipinski definition) is 2. The molecule has 1 aromatic heterocycles. The molecule has 1 fully saturated rings. The van der Waals surface area contributed by atoms with Crippen LogP contribution in [0.5, 0.6) is 0 Å². The highest BCUT2D eigenvalue weighted by Crippen LogP contribution is 2.17. The van der Waals surface area contributed by atoms with Crippen LogP contribution >= 0.6 is 0 Å². The summed E-state index contributed by atoms with van der Waals surface area (Å²) in [7, 11) is 0. The Hall–Kier alpha value is -1.78. The highest BCUT2D eigenvalue weighted by atomic mass is 16.4. The summed E-state index contributed by atoms with van der Waals surface area (Å²) in [4.78, 5) is 6.66. The third-order valence-electron chi connectivity index (χ3n) is 3.08. The zero-order chi connectivity index (χ0) is 12.1. The number of amidine groups is 1. The first-order valence-corrected chi connectivity index (χ1v) is 6.00. The van der Waals surface area contributed by atoms with Gasteiger partial charge in [0.1, 0.15) is 5.82 Å². The van der Waals surface area contributed by atoms with Crippen molar-refractivity contribution in [2.75, 3.05) is 18.0 Å². The molecule has 5 nitrogen and oxygen atoms in total. The molecule has 1 aliphatic heterocycles. The largest absolute Gasteiger partial charge is 0.409 e. The first-order chi connectivity index (χ1) is 8.31. The molecule has 0 amide bonds. The van der Waals surface area contributed by atoms with Gasteiger partial charge in [0.15, 0.2) is 5.84 Å². The first kappa shape index (κ1) is 11.7. The Kier molecular flexibility index (Phi) is 3.80. The van der Waals surface area contributed by atoms with E-state index in [4.69, 9.17) is 10.9 Å². The van der Waals surface area contributed by atoms with Gasteiger partial charge in [0.25, 0.3) is 0 Å². The lowest BCUT2D eigenvalue weighted by atomic mass is 10.2. The predicted octanol–water partition coefficient (Wildman–Crippen LogP) is 1.56. The fourth-order valence-electron chi connectivity index (χ4n) is 2.08. The predicted molar refractivity (Wildman–Crippen MR) is 67.4 cm³/mol. The van der Waals surface area contributed by atoms with Crippen LogP contribution in [0, 0.1) is 0 Å². The number of nitrogens with two attached hydrogens (primary N) is 1. The van der Waals surface area contributed by atoms with Crippen molar-refractivity contribution in [2.24, 2.45) is 10.9 Å². The van der Waals surface area contributed by atoms with Gasteiger partial charge in [-0.1, -0.05) is 18.0 Å². The Bertz CT molecular complexity index is 380. The van der Waals surface area contributed by atoms with Gasteiger partial charge < -0.3 is 15.8 Å². The molecule has 92 valence electrons. The van der Waals surface area contributed by atoms with Gasteiger partial charge in [0.05, 0.1) is 0 Å². The van der Waals surface area contributed by atoms with Crippen molar-refractivity contribution in [2.45, 2.75) is 25.7 Å². The van der Waals surface area contributed by atoms with Crippen LogP contribution < -0.4 is 10.6 Å². The molecule has 2 heterocycles. The third kappa shape index (κ3) is 2.87. The smallest absolute Gasteiger partial charge is 0.171 e. The number of anilines is 1. The van der Waals surface area contributed by atoms with Crippen molar-refractivity contribution >= 4 is 11.7 Å². The average molecular weight is 234 g/mol. The fraction of sp³-hybridized carbons (Fsp3) is 0.500. The van der Waals surface area contributed by atoms with Gasteiger partial charge in [-0.3, -0.25) is 0 Å². The summed E-state index contributed by atoms with van der Waals surface area (Å²) >= 11 is 0. The fourth-order valence-corrected chi connectivity index (χ4v) is 2.08. The van der Waals surface area contributed by atoms with E-state index in [-0.39, 0.29) is 5.84 Å². The highest BCUT2D eigenvalue weighted by molar-refractivity contribution is 5.96. The lowest BCUT2D eigenvalue weighted by Crippen LogP contribution is -2.25. The molecule has 1 aliphatic rings. The lowest BCUT2D eigenvalue weighted by molar-refractivity contribution is 0.318. The van der Waals surface area contributed by atoms with Crippen LogP contribution in [-0.4, -0.2) is 29.1 Å². The van der Waals surface area contributed by atoms with Crippen LogP contribution in [0.1, 0.15) is 31.2 Å². The molecule has 0 bridgehead atoms. The molecule has 3 N–H and O–H groups in total. The van der Waals surface area contributed by atoms with Crippen molar-refractivity contribution in [3.63, 3.8) is 0 Å². The second-order valence-electron chi connectivity index (χ2n) is 4.29. The van der Waals surface area contributed by atoms with E-state index in [9.17, 15) is 0 Å². The van der Waals surface area contributed by atoms with Gasteiger partial charge in [-0.25, -0.2) is 4.98 Å². The summed E-state index contributed by atoms with van der Waals surface area (Å²) in [6.07, 6.45) is 6.71. The number of hydrogen-bond acceptors (Lipinski definition) is 4. The molecule has 0 aliphatic carbocycles. The van der Waals surface area contributed by atoms with Crippen molar-refractivity contribution in [1.29, 1.82) is 0 Å². The Morgan fingerprint density at radius 1 is 1.24 bits per heavy atom. The van der Waals surface area contributed by atoms with E-state index in [2.05, 4.69) is 15.0 Å². The summed E-state index contributed by atoms with van der Waals surface area (Å²) in [6.45, 7) is 2.13. The van der Waals surface area contributed by atoms with E-state index in [1.807, 2.05) is 12.1 Å². The van der Waals surface area contributed by atoms with Gasteiger partial charge >= 0.3 is 0 Å². The Balaban J connectivity index is 2.11. The minimum Gasteiger partial charge on any atom is -0.409 e. The number of rotatable bonds is 2.